The maximum atomic E-state index is 5.99. The molecule has 2 aromatic rings. The molecule has 4 nitrogen and oxygen atoms in total. The SMILES string of the molecule is CN1CC[C@@H](Oc2cncc(/C=C/c3ccncc3)c2)C1.Cl. The van der Waals surface area contributed by atoms with Gasteiger partial charge < -0.3 is 9.64 Å². The summed E-state index contributed by atoms with van der Waals surface area (Å²) in [5.41, 5.74) is 2.16. The highest BCUT2D eigenvalue weighted by atomic mass is 35.5. The van der Waals surface area contributed by atoms with E-state index in [1.807, 2.05) is 36.5 Å². The summed E-state index contributed by atoms with van der Waals surface area (Å²) in [6, 6.07) is 5.97. The largest absolute Gasteiger partial charge is 0.487 e. The lowest BCUT2D eigenvalue weighted by molar-refractivity contribution is 0.207. The summed E-state index contributed by atoms with van der Waals surface area (Å²) in [5.74, 6) is 0.840. The molecule has 1 aliphatic heterocycles. The van der Waals surface area contributed by atoms with Gasteiger partial charge in [-0.1, -0.05) is 12.2 Å². The van der Waals surface area contributed by atoms with Crippen molar-refractivity contribution in [2.24, 2.45) is 0 Å². The Kier molecular flexibility index (Phi) is 5.92. The van der Waals surface area contributed by atoms with Crippen molar-refractivity contribution in [3.8, 4) is 5.75 Å². The van der Waals surface area contributed by atoms with Crippen LogP contribution in [0.25, 0.3) is 12.2 Å². The zero-order valence-corrected chi connectivity index (χ0v) is 13.4. The molecule has 2 aromatic heterocycles. The lowest BCUT2D eigenvalue weighted by atomic mass is 10.2. The Labute approximate surface area is 137 Å². The first kappa shape index (κ1) is 16.5. The molecule has 1 fully saturated rings. The molecule has 0 aromatic carbocycles. The average Bonchev–Trinajstić information content (AvgIpc) is 2.92. The number of aromatic nitrogens is 2. The van der Waals surface area contributed by atoms with Gasteiger partial charge in [-0.3, -0.25) is 9.97 Å². The fourth-order valence-electron chi connectivity index (χ4n) is 2.44. The van der Waals surface area contributed by atoms with E-state index in [4.69, 9.17) is 4.74 Å². The number of likely N-dealkylation sites (N-methyl/N-ethyl adjacent to an activating group) is 1. The van der Waals surface area contributed by atoms with Gasteiger partial charge >= 0.3 is 0 Å². The molecule has 1 atom stereocenters. The van der Waals surface area contributed by atoms with Crippen molar-refractivity contribution in [1.82, 2.24) is 14.9 Å². The van der Waals surface area contributed by atoms with E-state index in [2.05, 4.69) is 21.9 Å². The molecule has 0 amide bonds. The molecule has 0 spiro atoms. The number of likely N-dealkylation sites (tertiary alicyclic amines) is 1. The fraction of sp³-hybridized carbons (Fsp3) is 0.294. The molecule has 22 heavy (non-hydrogen) atoms. The molecule has 0 N–H and O–H groups in total. The topological polar surface area (TPSA) is 38.2 Å². The smallest absolute Gasteiger partial charge is 0.138 e. The predicted octanol–water partition coefficient (Wildman–Crippen LogP) is 3.15. The maximum Gasteiger partial charge on any atom is 0.138 e. The number of ether oxygens (including phenoxy) is 1. The second kappa shape index (κ2) is 7.92. The molecule has 3 rings (SSSR count). The summed E-state index contributed by atoms with van der Waals surface area (Å²) >= 11 is 0. The quantitative estimate of drug-likeness (QED) is 0.868. The van der Waals surface area contributed by atoms with E-state index in [1.54, 1.807) is 18.6 Å². The van der Waals surface area contributed by atoms with Crippen molar-refractivity contribution in [3.63, 3.8) is 0 Å². The van der Waals surface area contributed by atoms with Crippen molar-refractivity contribution < 1.29 is 4.74 Å². The molecule has 0 bridgehead atoms. The third-order valence-electron chi connectivity index (χ3n) is 3.56. The van der Waals surface area contributed by atoms with Gasteiger partial charge in [-0.2, -0.15) is 0 Å². The highest BCUT2D eigenvalue weighted by Gasteiger charge is 2.20. The minimum absolute atomic E-state index is 0. The minimum atomic E-state index is 0. The van der Waals surface area contributed by atoms with Crippen LogP contribution in [0.4, 0.5) is 0 Å². The second-order valence-electron chi connectivity index (χ2n) is 5.36. The highest BCUT2D eigenvalue weighted by Crippen LogP contribution is 2.19. The number of halogens is 1. The lowest BCUT2D eigenvalue weighted by Crippen LogP contribution is -2.21. The van der Waals surface area contributed by atoms with Gasteiger partial charge in [0.25, 0.3) is 0 Å². The second-order valence-corrected chi connectivity index (χ2v) is 5.36. The van der Waals surface area contributed by atoms with E-state index in [0.29, 0.717) is 0 Å². The molecule has 1 aliphatic rings. The van der Waals surface area contributed by atoms with Gasteiger partial charge in [-0.25, -0.2) is 0 Å². The van der Waals surface area contributed by atoms with E-state index in [-0.39, 0.29) is 18.5 Å². The van der Waals surface area contributed by atoms with Gasteiger partial charge in [-0.05, 0) is 42.8 Å². The molecule has 0 unspecified atom stereocenters. The minimum Gasteiger partial charge on any atom is -0.487 e. The van der Waals surface area contributed by atoms with E-state index < -0.39 is 0 Å². The summed E-state index contributed by atoms with van der Waals surface area (Å²) in [5, 5.41) is 0. The van der Waals surface area contributed by atoms with Crippen LogP contribution in [0.3, 0.4) is 0 Å². The molecule has 0 radical (unpaired) electrons. The van der Waals surface area contributed by atoms with E-state index in [1.165, 1.54) is 0 Å². The van der Waals surface area contributed by atoms with E-state index in [9.17, 15) is 0 Å². The third kappa shape index (κ3) is 4.55. The molecular formula is C17H20ClN3O. The van der Waals surface area contributed by atoms with Gasteiger partial charge in [0.2, 0.25) is 0 Å². The molecule has 0 saturated carbocycles. The van der Waals surface area contributed by atoms with Gasteiger partial charge in [-0.15, -0.1) is 12.4 Å². The first-order valence-corrected chi connectivity index (χ1v) is 7.18. The highest BCUT2D eigenvalue weighted by molar-refractivity contribution is 5.85. The number of hydrogen-bond acceptors (Lipinski definition) is 4. The van der Waals surface area contributed by atoms with Crippen LogP contribution in [0.15, 0.2) is 43.0 Å². The van der Waals surface area contributed by atoms with Crippen LogP contribution in [-0.2, 0) is 0 Å². The molecule has 116 valence electrons. The van der Waals surface area contributed by atoms with Crippen LogP contribution in [-0.4, -0.2) is 41.1 Å². The van der Waals surface area contributed by atoms with Gasteiger partial charge in [0, 0.05) is 31.7 Å². The molecule has 1 saturated heterocycles. The normalized spacial score (nSPS) is 18.3. The fourth-order valence-corrected chi connectivity index (χ4v) is 2.44. The van der Waals surface area contributed by atoms with E-state index in [0.717, 1.165) is 36.4 Å². The van der Waals surface area contributed by atoms with Crippen molar-refractivity contribution in [2.75, 3.05) is 20.1 Å². The summed E-state index contributed by atoms with van der Waals surface area (Å²) in [6.45, 7) is 2.08. The molecule has 0 aliphatic carbocycles. The van der Waals surface area contributed by atoms with Crippen LogP contribution in [0.2, 0.25) is 0 Å². The number of hydrogen-bond donors (Lipinski definition) is 0. The Morgan fingerprint density at radius 3 is 2.64 bits per heavy atom. The Morgan fingerprint density at radius 1 is 1.14 bits per heavy atom. The Hall–Kier alpha value is -1.91. The Morgan fingerprint density at radius 2 is 1.91 bits per heavy atom. The summed E-state index contributed by atoms with van der Waals surface area (Å²) in [4.78, 5) is 10.5. The standard InChI is InChI=1S/C17H19N3O.ClH/c1-20-9-6-16(13-20)21-17-10-15(11-19-12-17)3-2-14-4-7-18-8-5-14;/h2-5,7-8,10-12,16H,6,9,13H2,1H3;1H/b3-2+;/t16-;/m1./s1. The third-order valence-corrected chi connectivity index (χ3v) is 3.56. The summed E-state index contributed by atoms with van der Waals surface area (Å²) in [7, 11) is 2.12. The van der Waals surface area contributed by atoms with Crippen LogP contribution < -0.4 is 4.74 Å². The first-order valence-electron chi connectivity index (χ1n) is 7.18. The lowest BCUT2D eigenvalue weighted by Gasteiger charge is -2.13. The number of rotatable bonds is 4. The average molecular weight is 318 g/mol. The maximum absolute atomic E-state index is 5.99. The van der Waals surface area contributed by atoms with Gasteiger partial charge in [0.15, 0.2) is 0 Å². The van der Waals surface area contributed by atoms with Crippen LogP contribution >= 0.6 is 12.4 Å². The number of pyridine rings is 2. The van der Waals surface area contributed by atoms with Gasteiger partial charge in [0.05, 0.1) is 6.20 Å². The zero-order valence-electron chi connectivity index (χ0n) is 12.6. The van der Waals surface area contributed by atoms with E-state index >= 15 is 0 Å². The Bertz CT molecular complexity index is 618. The van der Waals surface area contributed by atoms with Crippen molar-refractivity contribution in [1.29, 1.82) is 0 Å². The van der Waals surface area contributed by atoms with Crippen molar-refractivity contribution in [3.05, 3.63) is 54.1 Å². The Balaban J connectivity index is 0.00000176. The van der Waals surface area contributed by atoms with Crippen LogP contribution in [0.1, 0.15) is 17.5 Å². The first-order chi connectivity index (χ1) is 10.3. The van der Waals surface area contributed by atoms with Crippen LogP contribution in [0, 0.1) is 0 Å². The predicted molar refractivity (Wildman–Crippen MR) is 91.2 cm³/mol. The molecular weight excluding hydrogens is 298 g/mol. The van der Waals surface area contributed by atoms with Crippen molar-refractivity contribution >= 4 is 24.6 Å². The molecule has 3 heterocycles. The van der Waals surface area contributed by atoms with Crippen LogP contribution in [0.5, 0.6) is 5.75 Å². The van der Waals surface area contributed by atoms with Gasteiger partial charge in [0.1, 0.15) is 11.9 Å². The zero-order chi connectivity index (χ0) is 14.5. The molecule has 5 heteroatoms. The monoisotopic (exact) mass is 317 g/mol. The number of nitrogens with zero attached hydrogens (tertiary/aromatic N) is 3. The van der Waals surface area contributed by atoms with Crippen molar-refractivity contribution in [2.45, 2.75) is 12.5 Å². The summed E-state index contributed by atoms with van der Waals surface area (Å²) in [6.07, 6.45) is 12.6. The summed E-state index contributed by atoms with van der Waals surface area (Å²) < 4.78 is 5.99.